The molecular weight excluding hydrogens is 200 g/mol. The molecule has 0 aromatic heterocycles. The highest BCUT2D eigenvalue weighted by Crippen LogP contribution is 2.11. The van der Waals surface area contributed by atoms with Crippen LogP contribution in [0.3, 0.4) is 0 Å². The fourth-order valence-corrected chi connectivity index (χ4v) is 2.03. The molecule has 3 heteroatoms. The maximum Gasteiger partial charge on any atom is 0.0850 e. The standard InChI is InChI=1S/C13H20N2O/c1-11(14)13-10-15(7-8-16-13)9-12-5-3-2-4-6-12/h2-6,11,13H,7-10,14H2,1H3/t11-,13+/m1/s1. The number of ether oxygens (including phenoxy) is 1. The Hall–Kier alpha value is -0.900. The van der Waals surface area contributed by atoms with Crippen LogP contribution in [0.25, 0.3) is 0 Å². The van der Waals surface area contributed by atoms with Gasteiger partial charge in [0.15, 0.2) is 0 Å². The van der Waals surface area contributed by atoms with Crippen molar-refractivity contribution in [1.29, 1.82) is 0 Å². The Morgan fingerprint density at radius 3 is 2.88 bits per heavy atom. The van der Waals surface area contributed by atoms with Crippen molar-refractivity contribution in [2.45, 2.75) is 25.6 Å². The highest BCUT2D eigenvalue weighted by Gasteiger charge is 2.23. The van der Waals surface area contributed by atoms with Crippen molar-refractivity contribution in [2.24, 2.45) is 5.73 Å². The number of nitrogens with two attached hydrogens (primary N) is 1. The molecule has 0 bridgehead atoms. The fraction of sp³-hybridized carbons (Fsp3) is 0.538. The largest absolute Gasteiger partial charge is 0.374 e. The summed E-state index contributed by atoms with van der Waals surface area (Å²) in [5.74, 6) is 0. The van der Waals surface area contributed by atoms with E-state index in [2.05, 4.69) is 29.2 Å². The Kier molecular flexibility index (Phi) is 3.93. The minimum Gasteiger partial charge on any atom is -0.374 e. The zero-order chi connectivity index (χ0) is 11.4. The Labute approximate surface area is 97.2 Å². The SMILES string of the molecule is C[C@@H](N)[C@@H]1CN(Cc2ccccc2)CCO1. The number of benzene rings is 1. The van der Waals surface area contributed by atoms with E-state index in [4.69, 9.17) is 10.5 Å². The van der Waals surface area contributed by atoms with E-state index in [1.54, 1.807) is 0 Å². The summed E-state index contributed by atoms with van der Waals surface area (Å²) in [5.41, 5.74) is 7.23. The molecule has 0 unspecified atom stereocenters. The molecule has 1 aliphatic heterocycles. The first-order chi connectivity index (χ1) is 7.75. The molecule has 3 nitrogen and oxygen atoms in total. The van der Waals surface area contributed by atoms with Gasteiger partial charge in [0.1, 0.15) is 0 Å². The maximum absolute atomic E-state index is 5.87. The molecule has 1 aromatic carbocycles. The highest BCUT2D eigenvalue weighted by molar-refractivity contribution is 5.14. The van der Waals surface area contributed by atoms with Gasteiger partial charge in [-0.15, -0.1) is 0 Å². The molecule has 2 rings (SSSR count). The van der Waals surface area contributed by atoms with Crippen LogP contribution in [0, 0.1) is 0 Å². The first-order valence-electron chi connectivity index (χ1n) is 5.89. The topological polar surface area (TPSA) is 38.5 Å². The Bertz CT molecular complexity index is 313. The summed E-state index contributed by atoms with van der Waals surface area (Å²) in [7, 11) is 0. The molecule has 0 amide bonds. The Balaban J connectivity index is 1.90. The van der Waals surface area contributed by atoms with Crippen molar-refractivity contribution in [1.82, 2.24) is 4.90 Å². The summed E-state index contributed by atoms with van der Waals surface area (Å²) >= 11 is 0. The van der Waals surface area contributed by atoms with Crippen LogP contribution in [0.2, 0.25) is 0 Å². The Morgan fingerprint density at radius 1 is 1.44 bits per heavy atom. The van der Waals surface area contributed by atoms with Gasteiger partial charge in [-0.05, 0) is 12.5 Å². The van der Waals surface area contributed by atoms with Crippen LogP contribution in [-0.4, -0.2) is 36.7 Å². The van der Waals surface area contributed by atoms with Crippen LogP contribution in [0.1, 0.15) is 12.5 Å². The lowest BCUT2D eigenvalue weighted by Gasteiger charge is -2.34. The highest BCUT2D eigenvalue weighted by atomic mass is 16.5. The van der Waals surface area contributed by atoms with Gasteiger partial charge in [0.25, 0.3) is 0 Å². The lowest BCUT2D eigenvalue weighted by Crippen LogP contribution is -2.49. The van der Waals surface area contributed by atoms with Crippen molar-refractivity contribution in [3.8, 4) is 0 Å². The van der Waals surface area contributed by atoms with E-state index >= 15 is 0 Å². The summed E-state index contributed by atoms with van der Waals surface area (Å²) in [6, 6.07) is 10.6. The quantitative estimate of drug-likeness (QED) is 0.833. The molecule has 16 heavy (non-hydrogen) atoms. The number of morpholine rings is 1. The second-order valence-electron chi connectivity index (χ2n) is 4.49. The van der Waals surface area contributed by atoms with E-state index in [9.17, 15) is 0 Å². The van der Waals surface area contributed by atoms with E-state index in [-0.39, 0.29) is 12.1 Å². The third-order valence-corrected chi connectivity index (χ3v) is 3.01. The molecule has 1 aromatic rings. The smallest absolute Gasteiger partial charge is 0.0850 e. The molecule has 0 aliphatic carbocycles. The number of nitrogens with zero attached hydrogens (tertiary/aromatic N) is 1. The van der Waals surface area contributed by atoms with Gasteiger partial charge in [0.05, 0.1) is 12.7 Å². The van der Waals surface area contributed by atoms with Gasteiger partial charge in [0.2, 0.25) is 0 Å². The van der Waals surface area contributed by atoms with Gasteiger partial charge in [0, 0.05) is 25.7 Å². The lowest BCUT2D eigenvalue weighted by atomic mass is 10.1. The van der Waals surface area contributed by atoms with Gasteiger partial charge in [-0.3, -0.25) is 4.90 Å². The van der Waals surface area contributed by atoms with Crippen LogP contribution < -0.4 is 5.73 Å². The first kappa shape index (κ1) is 11.6. The van der Waals surface area contributed by atoms with Crippen LogP contribution in [0.5, 0.6) is 0 Å². The van der Waals surface area contributed by atoms with E-state index in [1.807, 2.05) is 13.0 Å². The van der Waals surface area contributed by atoms with Crippen molar-refractivity contribution in [3.05, 3.63) is 35.9 Å². The molecule has 0 radical (unpaired) electrons. The van der Waals surface area contributed by atoms with Gasteiger partial charge >= 0.3 is 0 Å². The van der Waals surface area contributed by atoms with Crippen molar-refractivity contribution in [2.75, 3.05) is 19.7 Å². The van der Waals surface area contributed by atoms with E-state index in [0.29, 0.717) is 0 Å². The number of hydrogen-bond donors (Lipinski definition) is 1. The van der Waals surface area contributed by atoms with Gasteiger partial charge in [-0.1, -0.05) is 30.3 Å². The molecule has 0 spiro atoms. The van der Waals surface area contributed by atoms with Gasteiger partial charge in [-0.2, -0.15) is 0 Å². The summed E-state index contributed by atoms with van der Waals surface area (Å²) in [6.07, 6.45) is 0.178. The monoisotopic (exact) mass is 220 g/mol. The predicted octanol–water partition coefficient (Wildman–Crippen LogP) is 1.23. The molecule has 2 N–H and O–H groups in total. The predicted molar refractivity (Wildman–Crippen MR) is 65.1 cm³/mol. The second kappa shape index (κ2) is 5.43. The normalized spacial score (nSPS) is 24.2. The molecule has 1 heterocycles. The molecule has 1 aliphatic rings. The molecule has 88 valence electrons. The zero-order valence-electron chi connectivity index (χ0n) is 9.80. The fourth-order valence-electron chi connectivity index (χ4n) is 2.03. The lowest BCUT2D eigenvalue weighted by molar-refractivity contribution is -0.0403. The number of rotatable bonds is 3. The van der Waals surface area contributed by atoms with E-state index < -0.39 is 0 Å². The zero-order valence-corrected chi connectivity index (χ0v) is 9.80. The minimum atomic E-state index is 0.110. The van der Waals surface area contributed by atoms with Gasteiger partial charge < -0.3 is 10.5 Å². The van der Waals surface area contributed by atoms with Gasteiger partial charge in [-0.25, -0.2) is 0 Å². The van der Waals surface area contributed by atoms with Crippen LogP contribution in [0.4, 0.5) is 0 Å². The average Bonchev–Trinajstić information content (AvgIpc) is 2.30. The van der Waals surface area contributed by atoms with E-state index in [0.717, 1.165) is 26.2 Å². The number of hydrogen-bond acceptors (Lipinski definition) is 3. The van der Waals surface area contributed by atoms with Crippen molar-refractivity contribution < 1.29 is 4.74 Å². The minimum absolute atomic E-state index is 0.110. The second-order valence-corrected chi connectivity index (χ2v) is 4.49. The maximum atomic E-state index is 5.87. The van der Waals surface area contributed by atoms with Crippen LogP contribution in [-0.2, 0) is 11.3 Å². The first-order valence-corrected chi connectivity index (χ1v) is 5.89. The van der Waals surface area contributed by atoms with E-state index in [1.165, 1.54) is 5.56 Å². The molecular formula is C13H20N2O. The van der Waals surface area contributed by atoms with Crippen LogP contribution in [0.15, 0.2) is 30.3 Å². The summed E-state index contributed by atoms with van der Waals surface area (Å²) in [4.78, 5) is 2.41. The molecule has 0 saturated carbocycles. The third kappa shape index (κ3) is 3.04. The van der Waals surface area contributed by atoms with Crippen molar-refractivity contribution in [3.63, 3.8) is 0 Å². The molecule has 1 fully saturated rings. The van der Waals surface area contributed by atoms with Crippen molar-refractivity contribution >= 4 is 0 Å². The average molecular weight is 220 g/mol. The molecule has 2 atom stereocenters. The summed E-state index contributed by atoms with van der Waals surface area (Å²) in [6.45, 7) is 5.73. The van der Waals surface area contributed by atoms with Crippen LogP contribution >= 0.6 is 0 Å². The third-order valence-electron chi connectivity index (χ3n) is 3.01. The summed E-state index contributed by atoms with van der Waals surface area (Å²) in [5, 5.41) is 0. The Morgan fingerprint density at radius 2 is 2.19 bits per heavy atom. The summed E-state index contributed by atoms with van der Waals surface area (Å²) < 4.78 is 5.64. The molecule has 1 saturated heterocycles.